The van der Waals surface area contributed by atoms with E-state index >= 15 is 0 Å². The quantitative estimate of drug-likeness (QED) is 0.907. The number of methoxy groups -OCH3 is 2. The van der Waals surface area contributed by atoms with Crippen molar-refractivity contribution in [1.29, 1.82) is 0 Å². The normalized spacial score (nSPS) is 18.8. The van der Waals surface area contributed by atoms with Gasteiger partial charge in [-0.1, -0.05) is 0 Å². The number of carbonyl (C=O) groups excluding carboxylic acids is 1. The van der Waals surface area contributed by atoms with E-state index in [0.717, 1.165) is 0 Å². The van der Waals surface area contributed by atoms with Gasteiger partial charge in [-0.25, -0.2) is 4.39 Å². The third-order valence-electron chi connectivity index (χ3n) is 3.36. The van der Waals surface area contributed by atoms with Crippen LogP contribution in [0.3, 0.4) is 0 Å². The highest BCUT2D eigenvalue weighted by molar-refractivity contribution is 5.95. The number of benzene rings is 1. The van der Waals surface area contributed by atoms with Crippen LogP contribution in [-0.4, -0.2) is 50.7 Å². The summed E-state index contributed by atoms with van der Waals surface area (Å²) in [4.78, 5) is 14.0. The minimum Gasteiger partial charge on any atom is -0.493 e. The standard InChI is InChI=1S/C14H19FN2O3/c1-9-8-17(5-4-16-9)14(18)10-6-12(19-2)13(20-3)7-11(10)15/h6-7,9,16H,4-5,8H2,1-3H3/t9-/m1/s1. The highest BCUT2D eigenvalue weighted by Crippen LogP contribution is 2.30. The van der Waals surface area contributed by atoms with Crippen molar-refractivity contribution >= 4 is 5.91 Å². The van der Waals surface area contributed by atoms with Crippen LogP contribution < -0.4 is 14.8 Å². The molecule has 0 unspecified atom stereocenters. The van der Waals surface area contributed by atoms with Gasteiger partial charge in [0.2, 0.25) is 0 Å². The number of nitrogens with one attached hydrogen (secondary N) is 1. The summed E-state index contributed by atoms with van der Waals surface area (Å²) < 4.78 is 24.2. The van der Waals surface area contributed by atoms with Gasteiger partial charge in [-0.15, -0.1) is 0 Å². The summed E-state index contributed by atoms with van der Waals surface area (Å²) in [6, 6.07) is 2.77. The van der Waals surface area contributed by atoms with Crippen molar-refractivity contribution < 1.29 is 18.7 Å². The number of hydrogen-bond acceptors (Lipinski definition) is 4. The number of halogens is 1. The molecule has 6 heteroatoms. The summed E-state index contributed by atoms with van der Waals surface area (Å²) in [7, 11) is 2.88. The SMILES string of the molecule is COc1cc(F)c(C(=O)N2CCN[C@H](C)C2)cc1OC. The second kappa shape index (κ2) is 6.09. The van der Waals surface area contributed by atoms with Gasteiger partial charge < -0.3 is 19.7 Å². The second-order valence-corrected chi connectivity index (χ2v) is 4.79. The van der Waals surface area contributed by atoms with Crippen molar-refractivity contribution in [2.24, 2.45) is 0 Å². The maximum atomic E-state index is 14.1. The van der Waals surface area contributed by atoms with Crippen molar-refractivity contribution in [3.8, 4) is 11.5 Å². The lowest BCUT2D eigenvalue weighted by molar-refractivity contribution is 0.0704. The van der Waals surface area contributed by atoms with Crippen LogP contribution in [0.4, 0.5) is 4.39 Å². The van der Waals surface area contributed by atoms with Gasteiger partial charge in [0.25, 0.3) is 5.91 Å². The van der Waals surface area contributed by atoms with E-state index < -0.39 is 5.82 Å². The molecule has 1 aromatic rings. The van der Waals surface area contributed by atoms with Gasteiger partial charge in [-0.3, -0.25) is 4.79 Å². The Morgan fingerprint density at radius 2 is 2.00 bits per heavy atom. The monoisotopic (exact) mass is 282 g/mol. The largest absolute Gasteiger partial charge is 0.493 e. The van der Waals surface area contributed by atoms with E-state index in [-0.39, 0.29) is 23.3 Å². The molecule has 110 valence electrons. The molecule has 1 amide bonds. The molecule has 1 aromatic carbocycles. The van der Waals surface area contributed by atoms with Crippen molar-refractivity contribution in [3.63, 3.8) is 0 Å². The zero-order chi connectivity index (χ0) is 14.7. The summed E-state index contributed by atoms with van der Waals surface area (Å²) in [6.07, 6.45) is 0. The first kappa shape index (κ1) is 14.6. The van der Waals surface area contributed by atoms with Crippen LogP contribution >= 0.6 is 0 Å². The predicted molar refractivity (Wildman–Crippen MR) is 72.9 cm³/mol. The third-order valence-corrected chi connectivity index (χ3v) is 3.36. The first-order valence-corrected chi connectivity index (χ1v) is 6.51. The number of ether oxygens (including phenoxy) is 2. The van der Waals surface area contributed by atoms with Gasteiger partial charge in [0, 0.05) is 31.7 Å². The molecule has 1 aliphatic heterocycles. The third kappa shape index (κ3) is 2.85. The Balaban J connectivity index is 2.29. The van der Waals surface area contributed by atoms with Crippen molar-refractivity contribution in [3.05, 3.63) is 23.5 Å². The number of hydrogen-bond donors (Lipinski definition) is 1. The number of amides is 1. The Morgan fingerprint density at radius 3 is 2.60 bits per heavy atom. The van der Waals surface area contributed by atoms with E-state index in [1.165, 1.54) is 26.4 Å². The topological polar surface area (TPSA) is 50.8 Å². The fraction of sp³-hybridized carbons (Fsp3) is 0.500. The Kier molecular flexibility index (Phi) is 4.44. The van der Waals surface area contributed by atoms with Gasteiger partial charge in [-0.2, -0.15) is 0 Å². The lowest BCUT2D eigenvalue weighted by Crippen LogP contribution is -2.51. The van der Waals surface area contributed by atoms with Crippen molar-refractivity contribution in [2.45, 2.75) is 13.0 Å². The average molecular weight is 282 g/mol. The number of piperazine rings is 1. The van der Waals surface area contributed by atoms with E-state index in [0.29, 0.717) is 25.4 Å². The number of rotatable bonds is 3. The summed E-state index contributed by atoms with van der Waals surface area (Å²) in [5, 5.41) is 3.24. The van der Waals surface area contributed by atoms with E-state index in [1.54, 1.807) is 4.90 Å². The molecule has 0 aliphatic carbocycles. The molecule has 1 saturated heterocycles. The molecule has 20 heavy (non-hydrogen) atoms. The van der Waals surface area contributed by atoms with Crippen molar-refractivity contribution in [2.75, 3.05) is 33.9 Å². The minimum absolute atomic E-state index is 0.0109. The fourth-order valence-corrected chi connectivity index (χ4v) is 2.31. The molecular weight excluding hydrogens is 263 g/mol. The van der Waals surface area contributed by atoms with E-state index in [9.17, 15) is 9.18 Å². The Labute approximate surface area is 117 Å². The molecule has 0 bridgehead atoms. The summed E-state index contributed by atoms with van der Waals surface area (Å²) in [5.41, 5.74) is 0.0109. The molecule has 2 rings (SSSR count). The van der Waals surface area contributed by atoms with E-state index in [2.05, 4.69) is 5.32 Å². The van der Waals surface area contributed by atoms with Crippen LogP contribution in [0.25, 0.3) is 0 Å². The molecular formula is C14H19FN2O3. The summed E-state index contributed by atoms with van der Waals surface area (Å²) in [6.45, 7) is 3.83. The van der Waals surface area contributed by atoms with Gasteiger partial charge in [0.1, 0.15) is 5.82 Å². The molecule has 0 radical (unpaired) electrons. The maximum absolute atomic E-state index is 14.1. The Morgan fingerprint density at radius 1 is 1.35 bits per heavy atom. The molecule has 0 spiro atoms. The Bertz CT molecular complexity index is 507. The number of nitrogens with zero attached hydrogens (tertiary/aromatic N) is 1. The molecule has 0 saturated carbocycles. The van der Waals surface area contributed by atoms with Crippen LogP contribution in [0.2, 0.25) is 0 Å². The van der Waals surface area contributed by atoms with Gasteiger partial charge in [0.15, 0.2) is 11.5 Å². The predicted octanol–water partition coefficient (Wildman–Crippen LogP) is 1.28. The van der Waals surface area contributed by atoms with Crippen LogP contribution in [0.1, 0.15) is 17.3 Å². The fourth-order valence-electron chi connectivity index (χ4n) is 2.31. The second-order valence-electron chi connectivity index (χ2n) is 4.79. The highest BCUT2D eigenvalue weighted by atomic mass is 19.1. The molecule has 1 fully saturated rings. The van der Waals surface area contributed by atoms with E-state index in [1.807, 2.05) is 6.92 Å². The summed E-state index contributed by atoms with van der Waals surface area (Å²) in [5.74, 6) is -0.300. The number of carbonyl (C=O) groups is 1. The van der Waals surface area contributed by atoms with Crippen LogP contribution in [0.15, 0.2) is 12.1 Å². The van der Waals surface area contributed by atoms with Gasteiger partial charge in [-0.05, 0) is 13.0 Å². The maximum Gasteiger partial charge on any atom is 0.257 e. The Hall–Kier alpha value is -1.82. The molecule has 0 aromatic heterocycles. The lowest BCUT2D eigenvalue weighted by Gasteiger charge is -2.32. The minimum atomic E-state index is -0.598. The molecule has 1 heterocycles. The first-order chi connectivity index (χ1) is 9.56. The highest BCUT2D eigenvalue weighted by Gasteiger charge is 2.25. The van der Waals surface area contributed by atoms with E-state index in [4.69, 9.17) is 9.47 Å². The zero-order valence-electron chi connectivity index (χ0n) is 11.9. The lowest BCUT2D eigenvalue weighted by atomic mass is 10.1. The molecule has 1 N–H and O–H groups in total. The average Bonchev–Trinajstić information content (AvgIpc) is 2.46. The van der Waals surface area contributed by atoms with Crippen molar-refractivity contribution in [1.82, 2.24) is 10.2 Å². The van der Waals surface area contributed by atoms with Crippen LogP contribution in [0.5, 0.6) is 11.5 Å². The molecule has 5 nitrogen and oxygen atoms in total. The first-order valence-electron chi connectivity index (χ1n) is 6.51. The van der Waals surface area contributed by atoms with Gasteiger partial charge >= 0.3 is 0 Å². The molecule has 1 aliphatic rings. The zero-order valence-corrected chi connectivity index (χ0v) is 11.9. The van der Waals surface area contributed by atoms with Crippen LogP contribution in [0, 0.1) is 5.82 Å². The molecule has 1 atom stereocenters. The summed E-state index contributed by atoms with van der Waals surface area (Å²) >= 11 is 0. The van der Waals surface area contributed by atoms with Gasteiger partial charge in [0.05, 0.1) is 19.8 Å². The smallest absolute Gasteiger partial charge is 0.257 e. The van der Waals surface area contributed by atoms with Crippen LogP contribution in [-0.2, 0) is 0 Å².